The average Bonchev–Trinajstić information content (AvgIpc) is 2.99. The van der Waals surface area contributed by atoms with Crippen molar-refractivity contribution in [2.45, 2.75) is 57.1 Å². The second-order valence-corrected chi connectivity index (χ2v) is 12.9. The maximum atomic E-state index is 13.9. The molecule has 2 aliphatic rings. The number of aryl methyl sites for hydroxylation is 1. The monoisotopic (exact) mass is 595 g/mol. The number of benzene rings is 3. The van der Waals surface area contributed by atoms with Crippen LogP contribution < -0.4 is 10.2 Å². The van der Waals surface area contributed by atoms with Gasteiger partial charge in [-0.1, -0.05) is 54.6 Å². The predicted octanol–water partition coefficient (Wildman–Crippen LogP) is 5.40. The van der Waals surface area contributed by atoms with Crippen LogP contribution in [0.2, 0.25) is 0 Å². The molecular weight excluding hydrogens is 557 g/mol. The maximum Gasteiger partial charge on any atom is 0.264 e. The van der Waals surface area contributed by atoms with E-state index in [0.29, 0.717) is 38.1 Å². The molecule has 0 saturated carbocycles. The summed E-state index contributed by atoms with van der Waals surface area (Å²) in [6.07, 6.45) is 3.10. The molecule has 10 heteroatoms. The number of anilines is 1. The largest absolute Gasteiger partial charge is 0.350 e. The quantitative estimate of drug-likeness (QED) is 0.305. The van der Waals surface area contributed by atoms with Gasteiger partial charge in [0, 0.05) is 31.8 Å². The Bertz CT molecular complexity index is 1460. The minimum atomic E-state index is -4.24. The van der Waals surface area contributed by atoms with Crippen molar-refractivity contribution in [1.29, 1.82) is 0 Å². The molecule has 42 heavy (non-hydrogen) atoms. The van der Waals surface area contributed by atoms with Gasteiger partial charge in [-0.25, -0.2) is 23.1 Å². The van der Waals surface area contributed by atoms with Crippen molar-refractivity contribution in [1.82, 2.24) is 10.4 Å². The van der Waals surface area contributed by atoms with Gasteiger partial charge in [-0.3, -0.25) is 14.4 Å². The summed E-state index contributed by atoms with van der Waals surface area (Å²) in [6, 6.07) is 22.3. The van der Waals surface area contributed by atoms with E-state index in [4.69, 9.17) is 9.57 Å². The van der Waals surface area contributed by atoms with E-state index >= 15 is 0 Å². The van der Waals surface area contributed by atoms with Crippen LogP contribution in [0.15, 0.2) is 72.8 Å². The number of piperidine rings is 1. The van der Waals surface area contributed by atoms with E-state index in [-0.39, 0.29) is 5.69 Å². The number of nitrogens with one attached hydrogen (secondary N) is 2. The molecule has 2 heterocycles. The van der Waals surface area contributed by atoms with Crippen molar-refractivity contribution in [3.8, 4) is 11.1 Å². The van der Waals surface area contributed by atoms with Gasteiger partial charge in [0.15, 0.2) is 11.5 Å². The average molecular weight is 596 g/mol. The van der Waals surface area contributed by atoms with Gasteiger partial charge in [-0.15, -0.1) is 0 Å². The first-order valence-electron chi connectivity index (χ1n) is 14.5. The van der Waals surface area contributed by atoms with Gasteiger partial charge in [0.2, 0.25) is 10.0 Å². The Morgan fingerprint density at radius 3 is 2.60 bits per heavy atom. The van der Waals surface area contributed by atoms with Gasteiger partial charge < -0.3 is 4.74 Å². The van der Waals surface area contributed by atoms with E-state index < -0.39 is 39.2 Å². The predicted molar refractivity (Wildman–Crippen MR) is 160 cm³/mol. The zero-order valence-corrected chi connectivity index (χ0v) is 24.6. The van der Waals surface area contributed by atoms with Gasteiger partial charge in [0.25, 0.3) is 5.91 Å². The van der Waals surface area contributed by atoms with Crippen LogP contribution in [0.4, 0.5) is 10.1 Å². The van der Waals surface area contributed by atoms with Gasteiger partial charge in [0.05, 0.1) is 0 Å². The first-order chi connectivity index (χ1) is 20.3. The molecule has 0 radical (unpaired) electrons. The van der Waals surface area contributed by atoms with E-state index in [1.807, 2.05) is 30.3 Å². The number of nitrogens with zero attached hydrogens (tertiary/aromatic N) is 1. The molecule has 2 N–H and O–H groups in total. The smallest absolute Gasteiger partial charge is 0.264 e. The standard InChI is InChI=1S/C32H38FN3O5S/c1-23-20-27(16-17-29(23)33)35-42(38,39)31(32(37)34-41-30-15-7-8-19-40-30)26-13-9-18-36(22-26)21-25-12-5-6-14-28(25)24-10-3-2-4-11-24/h2-6,10-12,14,16-17,20,26,30-31,35H,7-9,13,15,18-19,21-22H2,1H3,(H,34,37). The van der Waals surface area contributed by atoms with Crippen molar-refractivity contribution in [3.63, 3.8) is 0 Å². The highest BCUT2D eigenvalue weighted by molar-refractivity contribution is 7.94. The fraction of sp³-hybridized carbons (Fsp3) is 0.406. The van der Waals surface area contributed by atoms with Crippen molar-refractivity contribution in [2.75, 3.05) is 24.4 Å². The second kappa shape index (κ2) is 13.8. The van der Waals surface area contributed by atoms with Crippen LogP contribution in [0.3, 0.4) is 0 Å². The lowest BCUT2D eigenvalue weighted by atomic mass is 9.92. The summed E-state index contributed by atoms with van der Waals surface area (Å²) >= 11 is 0. The molecule has 2 saturated heterocycles. The number of amides is 1. The lowest BCUT2D eigenvalue weighted by Crippen LogP contribution is -2.52. The molecular formula is C32H38FN3O5S. The summed E-state index contributed by atoms with van der Waals surface area (Å²) in [7, 11) is -4.24. The summed E-state index contributed by atoms with van der Waals surface area (Å²) in [4.78, 5) is 21.3. The summed E-state index contributed by atoms with van der Waals surface area (Å²) in [6.45, 7) is 3.89. The number of carbonyl (C=O) groups is 1. The van der Waals surface area contributed by atoms with E-state index in [1.165, 1.54) is 18.2 Å². The Kier molecular flexibility index (Phi) is 9.89. The van der Waals surface area contributed by atoms with E-state index in [1.54, 1.807) is 6.92 Å². The highest BCUT2D eigenvalue weighted by Crippen LogP contribution is 2.30. The number of carbonyl (C=O) groups excluding carboxylic acids is 1. The lowest BCUT2D eigenvalue weighted by molar-refractivity contribution is -0.200. The number of hydroxylamine groups is 1. The van der Waals surface area contributed by atoms with E-state index in [0.717, 1.165) is 42.5 Å². The SMILES string of the molecule is Cc1cc(NS(=O)(=O)C(C(=O)NOC2CCCCO2)C2CCCN(Cc3ccccc3-c3ccccc3)C2)ccc1F. The minimum Gasteiger partial charge on any atom is -0.350 e. The van der Waals surface area contributed by atoms with Gasteiger partial charge >= 0.3 is 0 Å². The zero-order chi connectivity index (χ0) is 29.5. The van der Waals surface area contributed by atoms with Crippen LogP contribution in [-0.4, -0.2) is 50.5 Å². The molecule has 2 aliphatic heterocycles. The molecule has 0 aliphatic carbocycles. The van der Waals surface area contributed by atoms with Gasteiger partial charge in [0.1, 0.15) is 5.82 Å². The summed E-state index contributed by atoms with van der Waals surface area (Å²) in [5.41, 5.74) is 6.26. The van der Waals surface area contributed by atoms with Crippen LogP contribution in [0.5, 0.6) is 0 Å². The zero-order valence-electron chi connectivity index (χ0n) is 23.8. The topological polar surface area (TPSA) is 97.0 Å². The molecule has 3 unspecified atom stereocenters. The molecule has 3 atom stereocenters. The molecule has 0 aromatic heterocycles. The molecule has 0 spiro atoms. The van der Waals surface area contributed by atoms with Crippen LogP contribution in [-0.2, 0) is 30.9 Å². The molecule has 8 nitrogen and oxygen atoms in total. The van der Waals surface area contributed by atoms with Crippen molar-refractivity contribution in [3.05, 3.63) is 89.7 Å². The molecule has 3 aromatic rings. The van der Waals surface area contributed by atoms with E-state index in [9.17, 15) is 17.6 Å². The fourth-order valence-corrected chi connectivity index (χ4v) is 7.45. The number of hydrogen-bond donors (Lipinski definition) is 2. The molecule has 3 aromatic carbocycles. The van der Waals surface area contributed by atoms with Gasteiger partial charge in [-0.2, -0.15) is 0 Å². The van der Waals surface area contributed by atoms with E-state index in [2.05, 4.69) is 39.4 Å². The molecule has 1 amide bonds. The Labute approximate surface area is 247 Å². The maximum absolute atomic E-state index is 13.9. The highest BCUT2D eigenvalue weighted by Gasteiger charge is 2.42. The number of sulfonamides is 1. The Balaban J connectivity index is 1.36. The first kappa shape index (κ1) is 30.2. The third kappa shape index (κ3) is 7.55. The first-order valence-corrected chi connectivity index (χ1v) is 16.1. The lowest BCUT2D eigenvalue weighted by Gasteiger charge is -2.36. The fourth-order valence-electron chi connectivity index (χ4n) is 5.81. The van der Waals surface area contributed by atoms with Crippen molar-refractivity contribution < 1.29 is 27.2 Å². The Hall–Kier alpha value is -3.31. The molecule has 2 fully saturated rings. The number of hydrogen-bond acceptors (Lipinski definition) is 6. The number of likely N-dealkylation sites (tertiary alicyclic amines) is 1. The number of ether oxygens (including phenoxy) is 1. The Morgan fingerprint density at radius 2 is 1.83 bits per heavy atom. The van der Waals surface area contributed by atoms with Crippen LogP contribution in [0.1, 0.15) is 43.2 Å². The normalized spacial score (nSPS) is 20.5. The third-order valence-electron chi connectivity index (χ3n) is 7.91. The minimum absolute atomic E-state index is 0.202. The van der Waals surface area contributed by atoms with Crippen LogP contribution in [0, 0.1) is 18.7 Å². The number of halogens is 1. The van der Waals surface area contributed by atoms with Crippen LogP contribution >= 0.6 is 0 Å². The third-order valence-corrected chi connectivity index (χ3v) is 9.69. The second-order valence-electron chi connectivity index (χ2n) is 11.1. The van der Waals surface area contributed by atoms with Crippen molar-refractivity contribution in [2.24, 2.45) is 5.92 Å². The highest BCUT2D eigenvalue weighted by atomic mass is 32.2. The Morgan fingerprint density at radius 1 is 1.05 bits per heavy atom. The molecule has 224 valence electrons. The summed E-state index contributed by atoms with van der Waals surface area (Å²) < 4.78 is 49.6. The van der Waals surface area contributed by atoms with Crippen LogP contribution in [0.25, 0.3) is 11.1 Å². The van der Waals surface area contributed by atoms with Gasteiger partial charge in [-0.05, 0) is 85.5 Å². The van der Waals surface area contributed by atoms with Crippen molar-refractivity contribution >= 4 is 21.6 Å². The summed E-state index contributed by atoms with van der Waals surface area (Å²) in [5.74, 6) is -1.68. The molecule has 0 bridgehead atoms. The summed E-state index contributed by atoms with van der Waals surface area (Å²) in [5, 5.41) is -1.43. The molecule has 5 rings (SSSR count). The number of rotatable bonds is 10.